The Morgan fingerprint density at radius 1 is 0.638 bits per heavy atom. The van der Waals surface area contributed by atoms with E-state index in [2.05, 4.69) is 19.6 Å². The minimum Gasteiger partial charge on any atom is -0.481 e. The molecule has 58 heavy (non-hydrogen) atoms. The van der Waals surface area contributed by atoms with Gasteiger partial charge in [0.1, 0.15) is 23.0 Å². The number of aryl methyl sites for hydroxylation is 2. The van der Waals surface area contributed by atoms with E-state index in [9.17, 15) is 19.8 Å². The Kier molecular flexibility index (Phi) is 12.2. The molecule has 0 unspecified atom stereocenters. The zero-order valence-corrected chi connectivity index (χ0v) is 36.6. The molecule has 4 aliphatic rings. The average molecular weight is 868 g/mol. The van der Waals surface area contributed by atoms with Crippen LogP contribution in [0.2, 0.25) is 8.67 Å². The highest BCUT2D eigenvalue weighted by molar-refractivity contribution is 7.18. The molecule has 2 fully saturated rings. The molecule has 0 spiro atoms. The van der Waals surface area contributed by atoms with Crippen molar-refractivity contribution in [3.05, 3.63) is 79.5 Å². The van der Waals surface area contributed by atoms with E-state index in [1.165, 1.54) is 22.7 Å². The number of halogens is 2. The Hall–Kier alpha value is -4.18. The number of hydrogen-bond acceptors (Lipinski definition) is 12. The number of aliphatic carboxylic acids is 2. The van der Waals surface area contributed by atoms with Gasteiger partial charge in [0.2, 0.25) is 0 Å². The van der Waals surface area contributed by atoms with Crippen molar-refractivity contribution in [3.8, 4) is 21.6 Å². The number of carboxylic acid groups (broad SMARTS) is 2. The van der Waals surface area contributed by atoms with E-state index in [0.717, 1.165) is 119 Å². The molecule has 2 aromatic carbocycles. The number of nitrogens with zero attached hydrogens (tertiary/aromatic N) is 6. The van der Waals surface area contributed by atoms with Crippen LogP contribution in [0.4, 0.5) is 11.4 Å². The summed E-state index contributed by atoms with van der Waals surface area (Å²) in [6.45, 7) is 18.4. The second-order valence-electron chi connectivity index (χ2n) is 16.4. The van der Waals surface area contributed by atoms with Crippen LogP contribution in [0.1, 0.15) is 49.9 Å². The van der Waals surface area contributed by atoms with Gasteiger partial charge >= 0.3 is 11.9 Å². The molecule has 2 saturated heterocycles. The van der Waals surface area contributed by atoms with Crippen LogP contribution < -0.4 is 9.47 Å². The standard InChI is InChI=1S/2C21H24ClN3O3S/c2*1-13-4-5-15-16(10-13)28-19-14(11-17(22)29-19)18(23-15)25-8-6-24(7-9-25)12-21(2,3)20(26)27/h2*4-5,10-11H,6-9,12H2,1-3H3,(H,26,27). The zero-order chi connectivity index (χ0) is 41.5. The molecule has 2 aromatic heterocycles. The number of aliphatic imine (C=N–C) groups is 2. The molecule has 308 valence electrons. The fourth-order valence-corrected chi connectivity index (χ4v) is 9.39. The Labute approximate surface area is 356 Å². The fourth-order valence-electron chi connectivity index (χ4n) is 7.26. The van der Waals surface area contributed by atoms with Gasteiger partial charge in [0.05, 0.1) is 30.6 Å². The number of amidine groups is 2. The number of benzene rings is 2. The van der Waals surface area contributed by atoms with Crippen LogP contribution in [0.25, 0.3) is 0 Å². The summed E-state index contributed by atoms with van der Waals surface area (Å²) in [6, 6.07) is 15.8. The lowest BCUT2D eigenvalue weighted by Gasteiger charge is -2.38. The van der Waals surface area contributed by atoms with E-state index >= 15 is 0 Å². The predicted octanol–water partition coefficient (Wildman–Crippen LogP) is 9.24. The van der Waals surface area contributed by atoms with Crippen LogP contribution >= 0.6 is 45.9 Å². The number of piperazine rings is 2. The fraction of sp³-hybridized carbons (Fsp3) is 0.429. The van der Waals surface area contributed by atoms with E-state index in [0.29, 0.717) is 21.8 Å². The molecule has 8 rings (SSSR count). The van der Waals surface area contributed by atoms with Crippen LogP contribution in [0.5, 0.6) is 21.6 Å². The Balaban J connectivity index is 0.000000177. The van der Waals surface area contributed by atoms with Gasteiger partial charge < -0.3 is 29.5 Å². The third-order valence-corrected chi connectivity index (χ3v) is 12.9. The summed E-state index contributed by atoms with van der Waals surface area (Å²) in [5.41, 5.74) is 4.13. The number of thiophene rings is 2. The molecule has 16 heteroatoms. The number of fused-ring (bicyclic) bond motifs is 4. The van der Waals surface area contributed by atoms with Gasteiger partial charge in [-0.2, -0.15) is 0 Å². The van der Waals surface area contributed by atoms with Crippen LogP contribution in [0.3, 0.4) is 0 Å². The second kappa shape index (κ2) is 16.8. The van der Waals surface area contributed by atoms with E-state index in [4.69, 9.17) is 42.7 Å². The maximum atomic E-state index is 11.4. The monoisotopic (exact) mass is 866 g/mol. The van der Waals surface area contributed by atoms with Crippen LogP contribution in [-0.4, -0.2) is 119 Å². The highest BCUT2D eigenvalue weighted by atomic mass is 35.5. The van der Waals surface area contributed by atoms with Crippen molar-refractivity contribution in [2.24, 2.45) is 20.8 Å². The van der Waals surface area contributed by atoms with Crippen molar-refractivity contribution in [2.75, 3.05) is 65.4 Å². The first-order valence-corrected chi connectivity index (χ1v) is 21.6. The topological polar surface area (TPSA) is 131 Å². The molecule has 0 saturated carbocycles. The first-order chi connectivity index (χ1) is 27.5. The van der Waals surface area contributed by atoms with E-state index in [-0.39, 0.29) is 0 Å². The summed E-state index contributed by atoms with van der Waals surface area (Å²) in [5.74, 6) is 1.67. The molecule has 6 heterocycles. The summed E-state index contributed by atoms with van der Waals surface area (Å²) >= 11 is 15.4. The molecule has 0 amide bonds. The highest BCUT2D eigenvalue weighted by Crippen LogP contribution is 2.46. The number of carboxylic acids is 2. The van der Waals surface area contributed by atoms with Gasteiger partial charge in [-0.15, -0.1) is 0 Å². The smallest absolute Gasteiger partial charge is 0.310 e. The van der Waals surface area contributed by atoms with Gasteiger partial charge in [0.15, 0.2) is 21.6 Å². The first kappa shape index (κ1) is 42.0. The third-order valence-electron chi connectivity index (χ3n) is 10.6. The summed E-state index contributed by atoms with van der Waals surface area (Å²) in [4.78, 5) is 41.7. The molecule has 0 radical (unpaired) electrons. The summed E-state index contributed by atoms with van der Waals surface area (Å²) < 4.78 is 13.6. The van der Waals surface area contributed by atoms with Gasteiger partial charge in [-0.3, -0.25) is 19.4 Å². The highest BCUT2D eigenvalue weighted by Gasteiger charge is 2.35. The molecular weight excluding hydrogens is 820 g/mol. The number of rotatable bonds is 6. The van der Waals surface area contributed by atoms with E-state index < -0.39 is 22.8 Å². The van der Waals surface area contributed by atoms with Gasteiger partial charge in [0.25, 0.3) is 0 Å². The van der Waals surface area contributed by atoms with Crippen molar-refractivity contribution < 1.29 is 29.3 Å². The summed E-state index contributed by atoms with van der Waals surface area (Å²) in [7, 11) is 0. The normalized spacial score (nSPS) is 17.1. The van der Waals surface area contributed by atoms with Gasteiger partial charge in [-0.25, -0.2) is 9.98 Å². The van der Waals surface area contributed by atoms with Crippen molar-refractivity contribution in [1.29, 1.82) is 0 Å². The molecule has 12 nitrogen and oxygen atoms in total. The second-order valence-corrected chi connectivity index (χ2v) is 19.7. The number of carbonyl (C=O) groups is 2. The Morgan fingerprint density at radius 2 is 1.00 bits per heavy atom. The Bertz CT molecular complexity index is 2110. The largest absolute Gasteiger partial charge is 0.481 e. The quantitative estimate of drug-likeness (QED) is 0.194. The molecular formula is C42H48Cl2N6O6S2. The lowest BCUT2D eigenvalue weighted by molar-refractivity contribution is -0.149. The molecule has 0 atom stereocenters. The molecule has 0 aliphatic carbocycles. The predicted molar refractivity (Wildman–Crippen MR) is 232 cm³/mol. The van der Waals surface area contributed by atoms with Crippen LogP contribution in [0.15, 0.2) is 58.5 Å². The van der Waals surface area contributed by atoms with Crippen molar-refractivity contribution >= 4 is 80.9 Å². The van der Waals surface area contributed by atoms with E-state index in [1.54, 1.807) is 27.7 Å². The van der Waals surface area contributed by atoms with E-state index in [1.807, 2.05) is 62.4 Å². The van der Waals surface area contributed by atoms with Crippen molar-refractivity contribution in [3.63, 3.8) is 0 Å². The Morgan fingerprint density at radius 3 is 1.34 bits per heavy atom. The maximum absolute atomic E-state index is 11.4. The molecule has 0 bridgehead atoms. The lowest BCUT2D eigenvalue weighted by atomic mass is 9.93. The SMILES string of the molecule is Cc1ccc2c(c1)Oc1sc(Cl)cc1C(N1CCN(CC(C)(C)C(=O)O)CC1)=N2.Cc1ccc2c(c1)Oc1sc(Cl)cc1C(N1CCN(CC(C)(C)C(=O)O)CC1)=N2. The molecule has 2 N–H and O–H groups in total. The zero-order valence-electron chi connectivity index (χ0n) is 33.5. The number of hydrogen-bond donors (Lipinski definition) is 2. The van der Waals surface area contributed by atoms with Gasteiger partial charge in [-0.05, 0) is 89.1 Å². The van der Waals surface area contributed by atoms with Crippen LogP contribution in [-0.2, 0) is 9.59 Å². The molecule has 4 aromatic rings. The van der Waals surface area contributed by atoms with Gasteiger partial charge in [0, 0.05) is 65.4 Å². The average Bonchev–Trinajstić information content (AvgIpc) is 3.62. The maximum Gasteiger partial charge on any atom is 0.310 e. The minimum atomic E-state index is -0.769. The van der Waals surface area contributed by atoms with Crippen molar-refractivity contribution in [1.82, 2.24) is 19.6 Å². The van der Waals surface area contributed by atoms with Crippen LogP contribution in [0, 0.1) is 24.7 Å². The van der Waals surface area contributed by atoms with Gasteiger partial charge in [-0.1, -0.05) is 58.0 Å². The number of ether oxygens (including phenoxy) is 2. The minimum absolute atomic E-state index is 0.531. The summed E-state index contributed by atoms with van der Waals surface area (Å²) in [6.07, 6.45) is 0. The van der Waals surface area contributed by atoms with Crippen molar-refractivity contribution in [2.45, 2.75) is 41.5 Å². The molecule has 4 aliphatic heterocycles. The first-order valence-electron chi connectivity index (χ1n) is 19.2. The third kappa shape index (κ3) is 9.32. The summed E-state index contributed by atoms with van der Waals surface area (Å²) in [5, 5.41) is 20.3. The lowest BCUT2D eigenvalue weighted by Crippen LogP contribution is -2.51.